The van der Waals surface area contributed by atoms with Crippen molar-refractivity contribution in [1.82, 2.24) is 0 Å². The molecule has 0 atom stereocenters. The molecule has 0 fully saturated rings. The van der Waals surface area contributed by atoms with Gasteiger partial charge in [0, 0.05) is 0 Å². The molecule has 0 saturated heterocycles. The van der Waals surface area contributed by atoms with Gasteiger partial charge >= 0.3 is 0 Å². The summed E-state index contributed by atoms with van der Waals surface area (Å²) in [6, 6.07) is 17.3. The van der Waals surface area contributed by atoms with E-state index >= 15 is 0 Å². The van der Waals surface area contributed by atoms with E-state index in [1.807, 2.05) is 42.5 Å². The minimum Gasteiger partial charge on any atom is -0.340 e. The molecule has 2 rings (SSSR count). The minimum absolute atomic E-state index is 0.449. The lowest BCUT2D eigenvalue weighted by atomic mass is 10.1. The van der Waals surface area contributed by atoms with Gasteiger partial charge in [-0.1, -0.05) is 42.5 Å². The lowest BCUT2D eigenvalue weighted by molar-refractivity contribution is -0.137. The highest BCUT2D eigenvalue weighted by molar-refractivity contribution is 5.63. The van der Waals surface area contributed by atoms with Crippen LogP contribution < -0.4 is 4.89 Å². The average molecular weight is 186 g/mol. The predicted molar refractivity (Wildman–Crippen MR) is 55.1 cm³/mol. The van der Waals surface area contributed by atoms with Crippen molar-refractivity contribution in [3.8, 4) is 16.9 Å². The van der Waals surface area contributed by atoms with Gasteiger partial charge in [-0.3, -0.25) is 0 Å². The van der Waals surface area contributed by atoms with Gasteiger partial charge in [-0.15, -0.1) is 0 Å². The first-order valence-corrected chi connectivity index (χ1v) is 4.37. The van der Waals surface area contributed by atoms with E-state index in [-0.39, 0.29) is 0 Å². The van der Waals surface area contributed by atoms with Crippen LogP contribution in [-0.2, 0) is 0 Å². The number of hydrogen-bond acceptors (Lipinski definition) is 2. The van der Waals surface area contributed by atoms with Crippen molar-refractivity contribution in [3.63, 3.8) is 0 Å². The zero-order chi connectivity index (χ0) is 9.80. The Morgan fingerprint density at radius 3 is 1.86 bits per heavy atom. The summed E-state index contributed by atoms with van der Waals surface area (Å²) in [4.78, 5) is 4.11. The third-order valence-corrected chi connectivity index (χ3v) is 2.07. The highest BCUT2D eigenvalue weighted by Crippen LogP contribution is 2.21. The van der Waals surface area contributed by atoms with E-state index in [0.717, 1.165) is 11.1 Å². The minimum atomic E-state index is 0.449. The van der Waals surface area contributed by atoms with Crippen molar-refractivity contribution in [1.29, 1.82) is 0 Å². The monoisotopic (exact) mass is 186 g/mol. The molecule has 0 bridgehead atoms. The van der Waals surface area contributed by atoms with Gasteiger partial charge < -0.3 is 4.89 Å². The molecule has 0 heterocycles. The first-order chi connectivity index (χ1) is 6.90. The van der Waals surface area contributed by atoms with Gasteiger partial charge in [0.15, 0.2) is 5.75 Å². The SMILES string of the molecule is OOc1ccc(-c2ccccc2)cc1. The third-order valence-electron chi connectivity index (χ3n) is 2.07. The molecule has 2 nitrogen and oxygen atoms in total. The van der Waals surface area contributed by atoms with Crippen molar-refractivity contribution in [2.75, 3.05) is 0 Å². The van der Waals surface area contributed by atoms with E-state index in [2.05, 4.69) is 4.89 Å². The largest absolute Gasteiger partial charge is 0.340 e. The average Bonchev–Trinajstić information content (AvgIpc) is 2.30. The molecule has 0 aliphatic rings. The molecule has 0 aliphatic carbocycles. The van der Waals surface area contributed by atoms with Gasteiger partial charge in [0.25, 0.3) is 0 Å². The molecule has 70 valence electrons. The molecule has 0 amide bonds. The van der Waals surface area contributed by atoms with Crippen LogP contribution in [0.1, 0.15) is 0 Å². The Morgan fingerprint density at radius 2 is 1.29 bits per heavy atom. The Balaban J connectivity index is 2.34. The van der Waals surface area contributed by atoms with Crippen molar-refractivity contribution in [3.05, 3.63) is 54.6 Å². The van der Waals surface area contributed by atoms with E-state index < -0.39 is 0 Å². The summed E-state index contributed by atoms with van der Waals surface area (Å²) in [6.45, 7) is 0. The van der Waals surface area contributed by atoms with Crippen LogP contribution in [0.3, 0.4) is 0 Å². The van der Waals surface area contributed by atoms with Crippen LogP contribution in [0.5, 0.6) is 5.75 Å². The second-order valence-corrected chi connectivity index (χ2v) is 2.98. The number of hydrogen-bond donors (Lipinski definition) is 1. The summed E-state index contributed by atoms with van der Waals surface area (Å²) >= 11 is 0. The van der Waals surface area contributed by atoms with Crippen molar-refractivity contribution in [2.45, 2.75) is 0 Å². The van der Waals surface area contributed by atoms with Gasteiger partial charge in [-0.25, -0.2) is 5.26 Å². The highest BCUT2D eigenvalue weighted by Gasteiger charge is 1.96. The van der Waals surface area contributed by atoms with Crippen LogP contribution in [0.25, 0.3) is 11.1 Å². The molecule has 2 aromatic rings. The summed E-state index contributed by atoms with van der Waals surface area (Å²) in [6.07, 6.45) is 0. The Bertz CT molecular complexity index is 392. The quantitative estimate of drug-likeness (QED) is 0.576. The molecule has 0 spiro atoms. The molecule has 0 aromatic heterocycles. The van der Waals surface area contributed by atoms with Crippen LogP contribution >= 0.6 is 0 Å². The second kappa shape index (κ2) is 3.94. The smallest absolute Gasteiger partial charge is 0.165 e. The Morgan fingerprint density at radius 1 is 0.714 bits per heavy atom. The first kappa shape index (κ1) is 8.78. The molecule has 0 radical (unpaired) electrons. The van der Waals surface area contributed by atoms with Gasteiger partial charge in [0.1, 0.15) is 0 Å². The van der Waals surface area contributed by atoms with Crippen LogP contribution in [0.4, 0.5) is 0 Å². The fraction of sp³-hybridized carbons (Fsp3) is 0. The standard InChI is InChI=1S/C12H10O2/c13-14-12-8-6-11(7-9-12)10-4-2-1-3-5-10/h1-9,13H. The van der Waals surface area contributed by atoms with Gasteiger partial charge in [-0.05, 0) is 23.3 Å². The topological polar surface area (TPSA) is 29.5 Å². The molecule has 0 saturated carbocycles. The molecule has 2 heteroatoms. The van der Waals surface area contributed by atoms with Crippen LogP contribution in [0, 0.1) is 0 Å². The van der Waals surface area contributed by atoms with Gasteiger partial charge in [0.2, 0.25) is 0 Å². The molecule has 2 aromatic carbocycles. The van der Waals surface area contributed by atoms with Gasteiger partial charge in [0.05, 0.1) is 0 Å². The maximum Gasteiger partial charge on any atom is 0.165 e. The summed E-state index contributed by atoms with van der Waals surface area (Å²) in [5, 5.41) is 8.40. The maximum atomic E-state index is 8.40. The van der Waals surface area contributed by atoms with Crippen molar-refractivity contribution < 1.29 is 10.1 Å². The van der Waals surface area contributed by atoms with E-state index in [4.69, 9.17) is 5.26 Å². The molecule has 14 heavy (non-hydrogen) atoms. The normalized spacial score (nSPS) is 9.79. The fourth-order valence-electron chi connectivity index (χ4n) is 1.34. The van der Waals surface area contributed by atoms with Gasteiger partial charge in [-0.2, -0.15) is 0 Å². The molecule has 0 aliphatic heterocycles. The molecular weight excluding hydrogens is 176 g/mol. The Hall–Kier alpha value is -1.80. The Kier molecular flexibility index (Phi) is 2.47. The summed E-state index contributed by atoms with van der Waals surface area (Å²) in [5.74, 6) is 0.449. The number of benzene rings is 2. The fourth-order valence-corrected chi connectivity index (χ4v) is 1.34. The third kappa shape index (κ3) is 1.75. The van der Waals surface area contributed by atoms with Crippen molar-refractivity contribution in [2.24, 2.45) is 0 Å². The molecule has 0 unspecified atom stereocenters. The summed E-state index contributed by atoms with van der Waals surface area (Å²) < 4.78 is 0. The van der Waals surface area contributed by atoms with Crippen LogP contribution in [0.2, 0.25) is 0 Å². The molecule has 1 N–H and O–H groups in total. The van der Waals surface area contributed by atoms with Crippen LogP contribution in [-0.4, -0.2) is 5.26 Å². The highest BCUT2D eigenvalue weighted by atomic mass is 17.1. The molecular formula is C12H10O2. The summed E-state index contributed by atoms with van der Waals surface area (Å²) in [7, 11) is 0. The van der Waals surface area contributed by atoms with Crippen LogP contribution in [0.15, 0.2) is 54.6 Å². The predicted octanol–water partition coefficient (Wildman–Crippen LogP) is 3.21. The van der Waals surface area contributed by atoms with Crippen molar-refractivity contribution >= 4 is 0 Å². The summed E-state index contributed by atoms with van der Waals surface area (Å²) in [5.41, 5.74) is 2.25. The zero-order valence-electron chi connectivity index (χ0n) is 7.55. The first-order valence-electron chi connectivity index (χ1n) is 4.37. The van der Waals surface area contributed by atoms with E-state index in [0.29, 0.717) is 5.75 Å². The lowest BCUT2D eigenvalue weighted by Crippen LogP contribution is -1.83. The maximum absolute atomic E-state index is 8.40. The zero-order valence-corrected chi connectivity index (χ0v) is 7.55. The Labute approximate surface area is 82.3 Å². The van der Waals surface area contributed by atoms with E-state index in [9.17, 15) is 0 Å². The number of rotatable bonds is 2. The lowest BCUT2D eigenvalue weighted by Gasteiger charge is -2.01. The van der Waals surface area contributed by atoms with E-state index in [1.54, 1.807) is 12.1 Å². The van der Waals surface area contributed by atoms with E-state index in [1.165, 1.54) is 0 Å². The second-order valence-electron chi connectivity index (χ2n) is 2.98.